The lowest BCUT2D eigenvalue weighted by molar-refractivity contribution is -0.118. The van der Waals surface area contributed by atoms with Crippen LogP contribution in [-0.2, 0) is 17.8 Å². The van der Waals surface area contributed by atoms with Gasteiger partial charge in [-0.1, -0.05) is 24.3 Å². The highest BCUT2D eigenvalue weighted by Crippen LogP contribution is 2.18. The molecule has 0 saturated heterocycles. The number of amides is 1. The van der Waals surface area contributed by atoms with Gasteiger partial charge in [0.2, 0.25) is 5.91 Å². The van der Waals surface area contributed by atoms with Crippen LogP contribution in [0.2, 0.25) is 0 Å². The number of hydrogen-bond acceptors (Lipinski definition) is 3. The molecular formula is C15H14FN3O. The molecule has 1 aliphatic heterocycles. The average Bonchev–Trinajstić information content (AvgIpc) is 2.49. The number of halogens is 1. The smallest absolute Gasteiger partial charge is 0.241 e. The lowest BCUT2D eigenvalue weighted by Gasteiger charge is -2.25. The number of carbonyl (C=O) groups is 1. The zero-order valence-electron chi connectivity index (χ0n) is 10.8. The number of nitrogens with one attached hydrogen (secondary N) is 2. The minimum Gasteiger partial charge on any atom is -0.322 e. The highest BCUT2D eigenvalue weighted by Gasteiger charge is 2.24. The van der Waals surface area contributed by atoms with Gasteiger partial charge >= 0.3 is 0 Å². The molecule has 2 N–H and O–H groups in total. The van der Waals surface area contributed by atoms with Crippen LogP contribution in [0, 0.1) is 5.82 Å². The van der Waals surface area contributed by atoms with E-state index in [0.29, 0.717) is 13.0 Å². The van der Waals surface area contributed by atoms with Crippen LogP contribution in [-0.4, -0.2) is 16.9 Å². The molecule has 0 unspecified atom stereocenters. The van der Waals surface area contributed by atoms with E-state index in [1.807, 2.05) is 24.3 Å². The van der Waals surface area contributed by atoms with Gasteiger partial charge in [-0.05, 0) is 23.6 Å². The quantitative estimate of drug-likeness (QED) is 0.876. The van der Waals surface area contributed by atoms with E-state index in [-0.39, 0.29) is 17.6 Å². The first kappa shape index (κ1) is 12.7. The average molecular weight is 271 g/mol. The van der Waals surface area contributed by atoms with Crippen LogP contribution in [0.5, 0.6) is 0 Å². The molecule has 2 heterocycles. The van der Waals surface area contributed by atoms with Gasteiger partial charge < -0.3 is 10.6 Å². The molecule has 3 rings (SSSR count). The molecule has 1 amide bonds. The number of nitrogens with zero attached hydrogens (tertiary/aromatic N) is 1. The van der Waals surface area contributed by atoms with Crippen molar-refractivity contribution in [2.75, 3.05) is 5.32 Å². The summed E-state index contributed by atoms with van der Waals surface area (Å²) < 4.78 is 13.5. The Morgan fingerprint density at radius 2 is 2.10 bits per heavy atom. The van der Waals surface area contributed by atoms with E-state index < -0.39 is 5.82 Å². The summed E-state index contributed by atoms with van der Waals surface area (Å²) in [4.78, 5) is 15.8. The first-order valence-corrected chi connectivity index (χ1v) is 6.44. The first-order chi connectivity index (χ1) is 9.74. The van der Waals surface area contributed by atoms with Crippen LogP contribution in [0.25, 0.3) is 0 Å². The fraction of sp³-hybridized carbons (Fsp3) is 0.200. The number of rotatable bonds is 2. The van der Waals surface area contributed by atoms with Crippen molar-refractivity contribution in [3.8, 4) is 0 Å². The van der Waals surface area contributed by atoms with Gasteiger partial charge in [-0.25, -0.2) is 4.39 Å². The van der Waals surface area contributed by atoms with Crippen LogP contribution in [0.4, 0.5) is 10.1 Å². The Balaban J connectivity index is 1.72. The maximum Gasteiger partial charge on any atom is 0.241 e. The molecule has 0 radical (unpaired) electrons. The molecule has 0 bridgehead atoms. The molecular weight excluding hydrogens is 257 g/mol. The van der Waals surface area contributed by atoms with Gasteiger partial charge in [0, 0.05) is 12.7 Å². The fourth-order valence-electron chi connectivity index (χ4n) is 2.34. The molecule has 0 aliphatic carbocycles. The zero-order chi connectivity index (χ0) is 13.9. The van der Waals surface area contributed by atoms with Gasteiger partial charge in [0.15, 0.2) is 5.82 Å². The van der Waals surface area contributed by atoms with Gasteiger partial charge in [0.1, 0.15) is 0 Å². The summed E-state index contributed by atoms with van der Waals surface area (Å²) in [6.45, 7) is 0.646. The van der Waals surface area contributed by atoms with Crippen LogP contribution >= 0.6 is 0 Å². The topological polar surface area (TPSA) is 54.0 Å². The first-order valence-electron chi connectivity index (χ1n) is 6.44. The molecule has 1 aliphatic rings. The van der Waals surface area contributed by atoms with Gasteiger partial charge in [-0.3, -0.25) is 9.78 Å². The Morgan fingerprint density at radius 3 is 2.90 bits per heavy atom. The summed E-state index contributed by atoms with van der Waals surface area (Å²) in [7, 11) is 0. The van der Waals surface area contributed by atoms with Crippen molar-refractivity contribution in [2.24, 2.45) is 0 Å². The Kier molecular flexibility index (Phi) is 3.43. The maximum atomic E-state index is 13.5. The van der Waals surface area contributed by atoms with E-state index in [1.165, 1.54) is 17.8 Å². The van der Waals surface area contributed by atoms with Crippen molar-refractivity contribution >= 4 is 11.6 Å². The Morgan fingerprint density at radius 1 is 1.30 bits per heavy atom. The molecule has 1 atom stereocenters. The van der Waals surface area contributed by atoms with Gasteiger partial charge in [0.05, 0.1) is 17.9 Å². The van der Waals surface area contributed by atoms with Crippen LogP contribution in [0.3, 0.4) is 0 Å². The number of hydrogen-bond donors (Lipinski definition) is 2. The molecule has 20 heavy (non-hydrogen) atoms. The van der Waals surface area contributed by atoms with E-state index in [1.54, 1.807) is 0 Å². The Labute approximate surface area is 116 Å². The predicted molar refractivity (Wildman–Crippen MR) is 73.6 cm³/mol. The Hall–Kier alpha value is -2.27. The number of pyridine rings is 1. The Bertz CT molecular complexity index is 645. The number of benzene rings is 1. The van der Waals surface area contributed by atoms with Gasteiger partial charge in [0.25, 0.3) is 0 Å². The van der Waals surface area contributed by atoms with E-state index >= 15 is 0 Å². The summed E-state index contributed by atoms with van der Waals surface area (Å²) in [5.74, 6) is -0.762. The molecule has 102 valence electrons. The monoisotopic (exact) mass is 271 g/mol. The summed E-state index contributed by atoms with van der Waals surface area (Å²) in [5.41, 5.74) is 2.51. The van der Waals surface area contributed by atoms with E-state index in [4.69, 9.17) is 0 Å². The lowest BCUT2D eigenvalue weighted by Crippen LogP contribution is -2.44. The lowest BCUT2D eigenvalue weighted by atomic mass is 9.95. The maximum absolute atomic E-state index is 13.5. The van der Waals surface area contributed by atoms with Crippen molar-refractivity contribution < 1.29 is 9.18 Å². The van der Waals surface area contributed by atoms with Crippen molar-refractivity contribution in [1.29, 1.82) is 0 Å². The highest BCUT2D eigenvalue weighted by atomic mass is 19.1. The largest absolute Gasteiger partial charge is 0.322 e. The molecule has 5 heteroatoms. The molecule has 1 aromatic heterocycles. The third-order valence-corrected chi connectivity index (χ3v) is 3.43. The SMILES string of the molecule is O=C(Nc1ccncc1F)[C@@H]1Cc2ccccc2CN1. The summed E-state index contributed by atoms with van der Waals surface area (Å²) in [6.07, 6.45) is 3.14. The number of anilines is 1. The predicted octanol–water partition coefficient (Wildman–Crippen LogP) is 1.87. The molecule has 0 fully saturated rings. The second-order valence-corrected chi connectivity index (χ2v) is 4.75. The molecule has 0 saturated carbocycles. The van der Waals surface area contributed by atoms with E-state index in [0.717, 1.165) is 11.8 Å². The van der Waals surface area contributed by atoms with Crippen LogP contribution < -0.4 is 10.6 Å². The third kappa shape index (κ3) is 2.53. The minimum atomic E-state index is -0.531. The van der Waals surface area contributed by atoms with Crippen molar-refractivity contribution in [3.05, 3.63) is 59.7 Å². The fourth-order valence-corrected chi connectivity index (χ4v) is 2.34. The molecule has 4 nitrogen and oxygen atoms in total. The van der Waals surface area contributed by atoms with Gasteiger partial charge in [-0.15, -0.1) is 0 Å². The second-order valence-electron chi connectivity index (χ2n) is 4.75. The molecule has 2 aromatic rings. The summed E-state index contributed by atoms with van der Waals surface area (Å²) in [5, 5.41) is 5.76. The standard InChI is InChI=1S/C15H14FN3O/c16-12-9-17-6-5-13(12)19-15(20)14-7-10-3-1-2-4-11(10)8-18-14/h1-6,9,14,18H,7-8H2,(H,17,19,20)/t14-/m0/s1. The molecule has 1 aromatic carbocycles. The summed E-state index contributed by atoms with van der Waals surface area (Å²) >= 11 is 0. The summed E-state index contributed by atoms with van der Waals surface area (Å²) in [6, 6.07) is 9.10. The number of aromatic nitrogens is 1. The minimum absolute atomic E-state index is 0.158. The van der Waals surface area contributed by atoms with Crippen molar-refractivity contribution in [3.63, 3.8) is 0 Å². The molecule has 0 spiro atoms. The number of fused-ring (bicyclic) bond motifs is 1. The van der Waals surface area contributed by atoms with Crippen LogP contribution in [0.15, 0.2) is 42.7 Å². The van der Waals surface area contributed by atoms with Crippen LogP contribution in [0.1, 0.15) is 11.1 Å². The third-order valence-electron chi connectivity index (χ3n) is 3.43. The normalized spacial score (nSPS) is 17.4. The highest BCUT2D eigenvalue weighted by molar-refractivity contribution is 5.95. The van der Waals surface area contributed by atoms with Crippen molar-refractivity contribution in [1.82, 2.24) is 10.3 Å². The second kappa shape index (κ2) is 5.38. The zero-order valence-corrected chi connectivity index (χ0v) is 10.8. The number of carbonyl (C=O) groups excluding carboxylic acids is 1. The van der Waals surface area contributed by atoms with Crippen molar-refractivity contribution in [2.45, 2.75) is 19.0 Å². The van der Waals surface area contributed by atoms with E-state index in [9.17, 15) is 9.18 Å². The van der Waals surface area contributed by atoms with Gasteiger partial charge in [-0.2, -0.15) is 0 Å². The van der Waals surface area contributed by atoms with E-state index in [2.05, 4.69) is 15.6 Å².